The normalized spacial score (nSPS) is 28.0. The van der Waals surface area contributed by atoms with Crippen molar-refractivity contribution in [3.05, 3.63) is 23.7 Å². The number of sulfonamides is 1. The summed E-state index contributed by atoms with van der Waals surface area (Å²) in [6, 6.07) is 3.32. The standard InChI is InChI=1S/C16H24N2O4S/c1-11-9-13(11)15-7-6-12(22-15)10-17(2)16(19)14-5-4-8-18(14)23(3,20)21/h6-7,11,13-14H,4-5,8-10H2,1-3H3/t11-,13+,14-/m1/s1. The van der Waals surface area contributed by atoms with Crippen molar-refractivity contribution in [1.82, 2.24) is 9.21 Å². The number of hydrogen-bond acceptors (Lipinski definition) is 4. The fourth-order valence-electron chi connectivity index (χ4n) is 3.35. The summed E-state index contributed by atoms with van der Waals surface area (Å²) in [5, 5.41) is 0. The zero-order chi connectivity index (χ0) is 16.8. The highest BCUT2D eigenvalue weighted by Gasteiger charge is 2.38. The monoisotopic (exact) mass is 340 g/mol. The molecule has 1 saturated carbocycles. The molecule has 1 aliphatic heterocycles. The summed E-state index contributed by atoms with van der Waals surface area (Å²) in [5.41, 5.74) is 0. The van der Waals surface area contributed by atoms with Gasteiger partial charge in [-0.2, -0.15) is 4.31 Å². The molecule has 3 atom stereocenters. The Kier molecular flexibility index (Phi) is 4.27. The smallest absolute Gasteiger partial charge is 0.241 e. The van der Waals surface area contributed by atoms with Gasteiger partial charge in [0.25, 0.3) is 0 Å². The third kappa shape index (κ3) is 3.45. The first-order valence-electron chi connectivity index (χ1n) is 8.08. The molecule has 0 unspecified atom stereocenters. The van der Waals surface area contributed by atoms with Crippen LogP contribution < -0.4 is 0 Å². The van der Waals surface area contributed by atoms with Crippen LogP contribution in [0.15, 0.2) is 16.5 Å². The second kappa shape index (κ2) is 5.94. The highest BCUT2D eigenvalue weighted by molar-refractivity contribution is 7.88. The summed E-state index contributed by atoms with van der Waals surface area (Å²) in [4.78, 5) is 14.2. The predicted octanol–water partition coefficient (Wildman–Crippen LogP) is 1.79. The Hall–Kier alpha value is -1.34. The number of hydrogen-bond donors (Lipinski definition) is 0. The van der Waals surface area contributed by atoms with Crippen molar-refractivity contribution in [3.8, 4) is 0 Å². The zero-order valence-electron chi connectivity index (χ0n) is 13.9. The van der Waals surface area contributed by atoms with Gasteiger partial charge in [-0.15, -0.1) is 0 Å². The molecule has 1 aromatic rings. The molecule has 1 aliphatic carbocycles. The Balaban J connectivity index is 1.64. The van der Waals surface area contributed by atoms with E-state index in [1.165, 1.54) is 4.31 Å². The summed E-state index contributed by atoms with van der Waals surface area (Å²) in [6.07, 6.45) is 3.63. The van der Waals surface area contributed by atoms with Crippen LogP contribution in [-0.4, -0.2) is 49.4 Å². The summed E-state index contributed by atoms with van der Waals surface area (Å²) >= 11 is 0. The molecule has 1 aromatic heterocycles. The van der Waals surface area contributed by atoms with Crippen molar-refractivity contribution in [2.75, 3.05) is 19.8 Å². The molecule has 6 nitrogen and oxygen atoms in total. The maximum atomic E-state index is 12.6. The molecule has 0 spiro atoms. The van der Waals surface area contributed by atoms with Gasteiger partial charge >= 0.3 is 0 Å². The number of amides is 1. The van der Waals surface area contributed by atoms with Crippen LogP contribution >= 0.6 is 0 Å². The SMILES string of the molecule is C[C@@H]1C[C@@H]1c1ccc(CN(C)C(=O)[C@H]2CCCN2S(C)(=O)=O)o1. The maximum absolute atomic E-state index is 12.6. The molecular weight excluding hydrogens is 316 g/mol. The van der Waals surface area contributed by atoms with Gasteiger partial charge in [0.05, 0.1) is 12.8 Å². The molecule has 0 bridgehead atoms. The van der Waals surface area contributed by atoms with Crippen molar-refractivity contribution >= 4 is 15.9 Å². The lowest BCUT2D eigenvalue weighted by molar-refractivity contribution is -0.134. The van der Waals surface area contributed by atoms with E-state index in [1.807, 2.05) is 12.1 Å². The summed E-state index contributed by atoms with van der Waals surface area (Å²) < 4.78 is 30.7. The lowest BCUT2D eigenvalue weighted by Crippen LogP contribution is -2.45. The van der Waals surface area contributed by atoms with Crippen molar-refractivity contribution in [1.29, 1.82) is 0 Å². The van der Waals surface area contributed by atoms with E-state index in [2.05, 4.69) is 6.92 Å². The quantitative estimate of drug-likeness (QED) is 0.819. The van der Waals surface area contributed by atoms with E-state index in [0.29, 0.717) is 31.3 Å². The van der Waals surface area contributed by atoms with Gasteiger partial charge in [0.2, 0.25) is 15.9 Å². The number of carbonyl (C=O) groups excluding carboxylic acids is 1. The van der Waals surface area contributed by atoms with Crippen molar-refractivity contribution < 1.29 is 17.6 Å². The average molecular weight is 340 g/mol. The van der Waals surface area contributed by atoms with Gasteiger partial charge in [-0.1, -0.05) is 6.92 Å². The fourth-order valence-corrected chi connectivity index (χ4v) is 4.47. The van der Waals surface area contributed by atoms with Gasteiger partial charge in [-0.3, -0.25) is 4.79 Å². The largest absolute Gasteiger partial charge is 0.464 e. The van der Waals surface area contributed by atoms with Gasteiger partial charge < -0.3 is 9.32 Å². The lowest BCUT2D eigenvalue weighted by atomic mass is 10.2. The Morgan fingerprint density at radius 2 is 2.13 bits per heavy atom. The Labute approximate surface area is 137 Å². The predicted molar refractivity (Wildman–Crippen MR) is 86.3 cm³/mol. The van der Waals surface area contributed by atoms with Crippen LogP contribution in [0.5, 0.6) is 0 Å². The maximum Gasteiger partial charge on any atom is 0.241 e. The van der Waals surface area contributed by atoms with Gasteiger partial charge in [0.15, 0.2) is 0 Å². The zero-order valence-corrected chi connectivity index (χ0v) is 14.7. The number of furan rings is 1. The van der Waals surface area contributed by atoms with E-state index >= 15 is 0 Å². The minimum Gasteiger partial charge on any atom is -0.464 e. The van der Waals surface area contributed by atoms with Crippen LogP contribution in [0, 0.1) is 5.92 Å². The van der Waals surface area contributed by atoms with Crippen LogP contribution in [0.1, 0.15) is 43.6 Å². The minimum absolute atomic E-state index is 0.161. The second-order valence-electron chi connectivity index (χ2n) is 6.85. The van der Waals surface area contributed by atoms with Crippen molar-refractivity contribution in [3.63, 3.8) is 0 Å². The molecule has 2 heterocycles. The summed E-state index contributed by atoms with van der Waals surface area (Å²) in [6.45, 7) is 2.99. The molecule has 1 amide bonds. The van der Waals surface area contributed by atoms with E-state index in [1.54, 1.807) is 11.9 Å². The number of rotatable bonds is 5. The van der Waals surface area contributed by atoms with Gasteiger partial charge in [0, 0.05) is 19.5 Å². The summed E-state index contributed by atoms with van der Waals surface area (Å²) in [7, 11) is -1.65. The van der Waals surface area contributed by atoms with E-state index in [4.69, 9.17) is 4.42 Å². The number of likely N-dealkylation sites (N-methyl/N-ethyl adjacent to an activating group) is 1. The topological polar surface area (TPSA) is 70.8 Å². The second-order valence-corrected chi connectivity index (χ2v) is 8.78. The van der Waals surface area contributed by atoms with E-state index in [0.717, 1.165) is 30.6 Å². The van der Waals surface area contributed by atoms with Crippen LogP contribution in [0.3, 0.4) is 0 Å². The summed E-state index contributed by atoms with van der Waals surface area (Å²) in [5.74, 6) is 2.77. The first kappa shape index (κ1) is 16.5. The molecule has 3 rings (SSSR count). The molecule has 0 N–H and O–H groups in total. The van der Waals surface area contributed by atoms with E-state index in [9.17, 15) is 13.2 Å². The van der Waals surface area contributed by atoms with Crippen molar-refractivity contribution in [2.45, 2.75) is 44.7 Å². The Bertz CT molecular complexity index is 697. The molecule has 7 heteroatoms. The third-order valence-electron chi connectivity index (χ3n) is 4.84. The fraction of sp³-hybridized carbons (Fsp3) is 0.688. The highest BCUT2D eigenvalue weighted by atomic mass is 32.2. The third-order valence-corrected chi connectivity index (χ3v) is 6.13. The molecule has 128 valence electrons. The first-order valence-corrected chi connectivity index (χ1v) is 9.92. The van der Waals surface area contributed by atoms with Crippen LogP contribution in [-0.2, 0) is 21.4 Å². The van der Waals surface area contributed by atoms with Gasteiger partial charge in [0.1, 0.15) is 17.6 Å². The Morgan fingerprint density at radius 1 is 1.43 bits per heavy atom. The highest BCUT2D eigenvalue weighted by Crippen LogP contribution is 2.47. The Morgan fingerprint density at radius 3 is 2.74 bits per heavy atom. The molecule has 0 aromatic carbocycles. The van der Waals surface area contributed by atoms with Gasteiger partial charge in [-0.05, 0) is 37.3 Å². The van der Waals surface area contributed by atoms with Gasteiger partial charge in [-0.25, -0.2) is 8.42 Å². The van der Waals surface area contributed by atoms with E-state index < -0.39 is 16.1 Å². The molecule has 1 saturated heterocycles. The van der Waals surface area contributed by atoms with Crippen LogP contribution in [0.25, 0.3) is 0 Å². The molecular formula is C16H24N2O4S. The minimum atomic E-state index is -3.35. The molecule has 2 fully saturated rings. The lowest BCUT2D eigenvalue weighted by Gasteiger charge is -2.25. The molecule has 0 radical (unpaired) electrons. The number of carbonyl (C=O) groups is 1. The molecule has 23 heavy (non-hydrogen) atoms. The van der Waals surface area contributed by atoms with Crippen molar-refractivity contribution in [2.24, 2.45) is 5.92 Å². The first-order chi connectivity index (χ1) is 10.8. The number of nitrogens with zero attached hydrogens (tertiary/aromatic N) is 2. The van der Waals surface area contributed by atoms with Crippen LogP contribution in [0.2, 0.25) is 0 Å². The van der Waals surface area contributed by atoms with Crippen LogP contribution in [0.4, 0.5) is 0 Å². The molecule has 2 aliphatic rings. The van der Waals surface area contributed by atoms with E-state index in [-0.39, 0.29) is 5.91 Å². The average Bonchev–Trinajstić information content (AvgIpc) is 2.93.